The second-order valence-corrected chi connectivity index (χ2v) is 8.25. The van der Waals surface area contributed by atoms with Crippen LogP contribution in [0.25, 0.3) is 5.57 Å². The van der Waals surface area contributed by atoms with E-state index in [1.165, 1.54) is 18.9 Å². The van der Waals surface area contributed by atoms with Crippen LogP contribution in [0.3, 0.4) is 0 Å². The van der Waals surface area contributed by atoms with Gasteiger partial charge in [0.25, 0.3) is 0 Å². The number of piperazine rings is 1. The molecule has 0 aliphatic carbocycles. The molecule has 4 rings (SSSR count). The Hall–Kier alpha value is -1.57. The number of carbonyl (C=O) groups is 1. The second-order valence-electron chi connectivity index (χ2n) is 7.84. The molecule has 1 aromatic carbocycles. The first kappa shape index (κ1) is 19.7. The van der Waals surface area contributed by atoms with Crippen LogP contribution in [-0.2, 0) is 11.0 Å². The summed E-state index contributed by atoms with van der Waals surface area (Å²) >= 11 is 5.70. The number of benzene rings is 1. The maximum atomic E-state index is 13.1. The van der Waals surface area contributed by atoms with Gasteiger partial charge in [-0.1, -0.05) is 23.7 Å². The highest BCUT2D eigenvalue weighted by molar-refractivity contribution is 6.31. The fourth-order valence-corrected chi connectivity index (χ4v) is 4.63. The molecule has 3 aliphatic heterocycles. The molecule has 3 heterocycles. The van der Waals surface area contributed by atoms with E-state index < -0.39 is 11.7 Å². The van der Waals surface area contributed by atoms with Crippen molar-refractivity contribution in [3.63, 3.8) is 0 Å². The van der Waals surface area contributed by atoms with E-state index in [4.69, 9.17) is 11.6 Å². The first-order chi connectivity index (χ1) is 13.3. The lowest BCUT2D eigenvalue weighted by atomic mass is 9.97. The van der Waals surface area contributed by atoms with Gasteiger partial charge in [0, 0.05) is 38.3 Å². The molecule has 2 bridgehead atoms. The molecule has 2 fully saturated rings. The van der Waals surface area contributed by atoms with Crippen LogP contribution in [0.1, 0.15) is 30.4 Å². The summed E-state index contributed by atoms with van der Waals surface area (Å²) in [6.07, 6.45) is 0.259. The summed E-state index contributed by atoms with van der Waals surface area (Å²) in [5, 5.41) is 3.25. The molecule has 152 valence electrons. The van der Waals surface area contributed by atoms with Gasteiger partial charge in [-0.25, -0.2) is 0 Å². The van der Waals surface area contributed by atoms with Crippen molar-refractivity contribution in [1.82, 2.24) is 15.1 Å². The van der Waals surface area contributed by atoms with Gasteiger partial charge in [-0.3, -0.25) is 9.69 Å². The zero-order valence-electron chi connectivity index (χ0n) is 15.4. The van der Waals surface area contributed by atoms with E-state index in [-0.39, 0.29) is 10.9 Å². The maximum Gasteiger partial charge on any atom is 0.417 e. The fourth-order valence-electron chi connectivity index (χ4n) is 4.41. The third kappa shape index (κ3) is 4.21. The highest BCUT2D eigenvalue weighted by Crippen LogP contribution is 2.37. The Kier molecular flexibility index (Phi) is 5.42. The van der Waals surface area contributed by atoms with E-state index in [2.05, 4.69) is 10.2 Å². The molecule has 1 N–H and O–H groups in total. The Labute approximate surface area is 167 Å². The summed E-state index contributed by atoms with van der Waals surface area (Å²) in [6, 6.07) is 4.98. The Morgan fingerprint density at radius 2 is 1.93 bits per heavy atom. The number of nitrogens with one attached hydrogen (secondary N) is 1. The molecule has 1 aromatic rings. The molecule has 28 heavy (non-hydrogen) atoms. The number of carbonyl (C=O) groups excluding carboxylic acids is 1. The van der Waals surface area contributed by atoms with Crippen molar-refractivity contribution >= 4 is 23.1 Å². The van der Waals surface area contributed by atoms with E-state index >= 15 is 0 Å². The number of amides is 1. The molecule has 0 spiro atoms. The van der Waals surface area contributed by atoms with Crippen molar-refractivity contribution in [2.45, 2.75) is 37.5 Å². The maximum absolute atomic E-state index is 13.1. The summed E-state index contributed by atoms with van der Waals surface area (Å²) in [7, 11) is 0. The van der Waals surface area contributed by atoms with Crippen molar-refractivity contribution in [3.05, 3.63) is 40.4 Å². The smallest absolute Gasteiger partial charge is 0.338 e. The summed E-state index contributed by atoms with van der Waals surface area (Å²) in [5.74, 6) is 0.0867. The van der Waals surface area contributed by atoms with Crippen LogP contribution in [0.2, 0.25) is 5.02 Å². The third-order valence-electron chi connectivity index (χ3n) is 5.86. The van der Waals surface area contributed by atoms with Gasteiger partial charge in [0.2, 0.25) is 5.91 Å². The molecule has 2 unspecified atom stereocenters. The van der Waals surface area contributed by atoms with Gasteiger partial charge in [-0.15, -0.1) is 0 Å². The minimum Gasteiger partial charge on any atom is -0.338 e. The molecule has 1 amide bonds. The average Bonchev–Trinajstić information content (AvgIpc) is 2.99. The van der Waals surface area contributed by atoms with E-state index in [9.17, 15) is 18.0 Å². The Morgan fingerprint density at radius 3 is 2.54 bits per heavy atom. The first-order valence-corrected chi connectivity index (χ1v) is 10.00. The van der Waals surface area contributed by atoms with Gasteiger partial charge >= 0.3 is 6.18 Å². The highest BCUT2D eigenvalue weighted by Gasteiger charge is 2.35. The molecular formula is C20H23ClF3N3O. The number of nitrogens with zero attached hydrogens (tertiary/aromatic N) is 2. The second kappa shape index (κ2) is 7.69. The van der Waals surface area contributed by atoms with E-state index in [0.29, 0.717) is 43.7 Å². The van der Waals surface area contributed by atoms with E-state index in [1.54, 1.807) is 11.0 Å². The number of alkyl halides is 3. The number of hydrogen-bond donors (Lipinski definition) is 1. The summed E-state index contributed by atoms with van der Waals surface area (Å²) < 4.78 is 39.2. The fraction of sp³-hybridized carbons (Fsp3) is 0.550. The Morgan fingerprint density at radius 1 is 1.21 bits per heavy atom. The summed E-state index contributed by atoms with van der Waals surface area (Å²) in [4.78, 5) is 16.6. The number of halogens is 4. The molecule has 0 radical (unpaired) electrons. The van der Waals surface area contributed by atoms with Gasteiger partial charge in [-0.2, -0.15) is 13.2 Å². The molecule has 4 nitrogen and oxygen atoms in total. The molecule has 2 saturated heterocycles. The molecule has 0 saturated carbocycles. The number of rotatable bonds is 3. The minimum absolute atomic E-state index is 0.0867. The largest absolute Gasteiger partial charge is 0.417 e. The predicted molar refractivity (Wildman–Crippen MR) is 102 cm³/mol. The van der Waals surface area contributed by atoms with Crippen LogP contribution in [-0.4, -0.2) is 60.5 Å². The van der Waals surface area contributed by atoms with Crippen LogP contribution >= 0.6 is 11.6 Å². The standard InChI is InChI=1S/C20H23ClF3N3O/c21-18-4-1-14(9-17(18)20(22,23)24)13-5-7-27(8-6-13)19(28)12-26-10-15-2-3-16(11-26)25-15/h1,4-5,9,15-16,25H,2-3,6-8,10-12H2. The summed E-state index contributed by atoms with van der Waals surface area (Å²) in [5.41, 5.74) is 0.522. The van der Waals surface area contributed by atoms with Crippen molar-refractivity contribution in [2.24, 2.45) is 0 Å². The van der Waals surface area contributed by atoms with Crippen LogP contribution in [0.15, 0.2) is 24.3 Å². The van der Waals surface area contributed by atoms with Crippen molar-refractivity contribution in [1.29, 1.82) is 0 Å². The summed E-state index contributed by atoms with van der Waals surface area (Å²) in [6.45, 7) is 3.17. The first-order valence-electron chi connectivity index (χ1n) is 9.62. The lowest BCUT2D eigenvalue weighted by Gasteiger charge is -2.34. The highest BCUT2D eigenvalue weighted by atomic mass is 35.5. The average molecular weight is 414 g/mol. The minimum atomic E-state index is -4.48. The van der Waals surface area contributed by atoms with Crippen LogP contribution < -0.4 is 5.32 Å². The normalized spacial score (nSPS) is 25.7. The zero-order chi connectivity index (χ0) is 19.9. The van der Waals surface area contributed by atoms with E-state index in [1.807, 2.05) is 6.08 Å². The number of fused-ring (bicyclic) bond motifs is 2. The quantitative estimate of drug-likeness (QED) is 0.824. The topological polar surface area (TPSA) is 35.6 Å². The van der Waals surface area contributed by atoms with E-state index in [0.717, 1.165) is 24.7 Å². The predicted octanol–water partition coefficient (Wildman–Crippen LogP) is 3.41. The molecule has 3 aliphatic rings. The molecule has 2 atom stereocenters. The Bertz CT molecular complexity index is 783. The van der Waals surface area contributed by atoms with Crippen LogP contribution in [0.5, 0.6) is 0 Å². The molecular weight excluding hydrogens is 391 g/mol. The lowest BCUT2D eigenvalue weighted by molar-refractivity contribution is -0.137. The van der Waals surface area contributed by atoms with Crippen LogP contribution in [0.4, 0.5) is 13.2 Å². The third-order valence-corrected chi connectivity index (χ3v) is 6.19. The SMILES string of the molecule is O=C(CN1CC2CCC(C1)N2)N1CC=C(c2ccc(Cl)c(C(F)(F)F)c2)CC1. The lowest BCUT2D eigenvalue weighted by Crippen LogP contribution is -2.54. The van der Waals surface area contributed by atoms with Crippen molar-refractivity contribution < 1.29 is 18.0 Å². The monoisotopic (exact) mass is 413 g/mol. The van der Waals surface area contributed by atoms with Crippen LogP contribution in [0, 0.1) is 0 Å². The van der Waals surface area contributed by atoms with Gasteiger partial charge < -0.3 is 10.2 Å². The number of likely N-dealkylation sites (tertiary alicyclic amines) is 1. The number of hydrogen-bond acceptors (Lipinski definition) is 3. The van der Waals surface area contributed by atoms with Gasteiger partial charge in [0.05, 0.1) is 17.1 Å². The van der Waals surface area contributed by atoms with Gasteiger partial charge in [-0.05, 0) is 42.5 Å². The molecule has 0 aromatic heterocycles. The van der Waals surface area contributed by atoms with Gasteiger partial charge in [0.1, 0.15) is 0 Å². The van der Waals surface area contributed by atoms with Crippen molar-refractivity contribution in [3.8, 4) is 0 Å². The van der Waals surface area contributed by atoms with Gasteiger partial charge in [0.15, 0.2) is 0 Å². The molecule has 8 heteroatoms. The Balaban J connectivity index is 1.38. The van der Waals surface area contributed by atoms with Crippen molar-refractivity contribution in [2.75, 3.05) is 32.7 Å². The zero-order valence-corrected chi connectivity index (χ0v) is 16.2.